The molecule has 0 aliphatic carbocycles. The Morgan fingerprint density at radius 2 is 2.50 bits per heavy atom. The largest absolute Gasteiger partial charge is 0.400 e. The second-order valence-corrected chi connectivity index (χ2v) is 3.49. The molecular formula is C4H10NO4P. The maximum Gasteiger partial charge on any atom is 0.400 e. The standard InChI is InChI=1S/C4H10NO4P/c5-10(6,7)9-4-1-2-8-3-4/h4H,1-3H2,(H3,5,6,7). The van der Waals surface area contributed by atoms with Crippen LogP contribution in [-0.2, 0) is 13.8 Å². The van der Waals surface area contributed by atoms with Gasteiger partial charge in [0.15, 0.2) is 0 Å². The first-order valence-electron chi connectivity index (χ1n) is 2.95. The van der Waals surface area contributed by atoms with E-state index < -0.39 is 7.75 Å². The van der Waals surface area contributed by atoms with Crippen molar-refractivity contribution in [2.24, 2.45) is 5.50 Å². The Bertz CT molecular complexity index is 149. The Morgan fingerprint density at radius 1 is 1.80 bits per heavy atom. The van der Waals surface area contributed by atoms with Gasteiger partial charge < -0.3 is 9.63 Å². The minimum absolute atomic E-state index is 0.305. The van der Waals surface area contributed by atoms with Gasteiger partial charge in [0.1, 0.15) is 0 Å². The highest BCUT2D eigenvalue weighted by Crippen LogP contribution is 2.34. The van der Waals surface area contributed by atoms with Crippen LogP contribution in [-0.4, -0.2) is 24.2 Å². The second-order valence-electron chi connectivity index (χ2n) is 2.16. The Hall–Kier alpha value is 0.0700. The third-order valence-electron chi connectivity index (χ3n) is 1.19. The van der Waals surface area contributed by atoms with Gasteiger partial charge in [0, 0.05) is 6.61 Å². The summed E-state index contributed by atoms with van der Waals surface area (Å²) >= 11 is 0. The SMILES string of the molecule is NP(=O)(O)OC1CCOC1. The molecule has 0 spiro atoms. The zero-order valence-corrected chi connectivity index (χ0v) is 6.29. The number of hydrogen-bond acceptors (Lipinski definition) is 3. The molecule has 3 N–H and O–H groups in total. The van der Waals surface area contributed by atoms with E-state index in [0.717, 1.165) is 0 Å². The fourth-order valence-electron chi connectivity index (χ4n) is 0.810. The third-order valence-corrected chi connectivity index (χ3v) is 1.79. The lowest BCUT2D eigenvalue weighted by atomic mass is 10.3. The van der Waals surface area contributed by atoms with Gasteiger partial charge in [0.05, 0.1) is 12.7 Å². The van der Waals surface area contributed by atoms with Crippen LogP contribution in [0.25, 0.3) is 0 Å². The van der Waals surface area contributed by atoms with Crippen LogP contribution in [0.1, 0.15) is 6.42 Å². The molecule has 1 heterocycles. The van der Waals surface area contributed by atoms with Crippen LogP contribution < -0.4 is 5.50 Å². The lowest BCUT2D eigenvalue weighted by molar-refractivity contribution is 0.130. The average molecular weight is 167 g/mol. The van der Waals surface area contributed by atoms with E-state index in [1.54, 1.807) is 0 Å². The Morgan fingerprint density at radius 3 is 2.90 bits per heavy atom. The van der Waals surface area contributed by atoms with Crippen LogP contribution in [0.5, 0.6) is 0 Å². The van der Waals surface area contributed by atoms with Crippen LogP contribution >= 0.6 is 7.75 Å². The van der Waals surface area contributed by atoms with Crippen molar-refractivity contribution in [3.8, 4) is 0 Å². The van der Waals surface area contributed by atoms with Gasteiger partial charge in [-0.25, -0.2) is 10.1 Å². The highest BCUT2D eigenvalue weighted by molar-refractivity contribution is 7.50. The summed E-state index contributed by atoms with van der Waals surface area (Å²) in [5.74, 6) is 0. The van der Waals surface area contributed by atoms with Gasteiger partial charge in [-0.3, -0.25) is 4.52 Å². The predicted molar refractivity (Wildman–Crippen MR) is 34.3 cm³/mol. The Balaban J connectivity index is 2.31. The molecule has 0 saturated carbocycles. The van der Waals surface area contributed by atoms with Crippen LogP contribution in [0.3, 0.4) is 0 Å². The average Bonchev–Trinajstić information content (AvgIpc) is 2.12. The first-order chi connectivity index (χ1) is 4.58. The molecule has 60 valence electrons. The number of ether oxygens (including phenoxy) is 1. The molecule has 1 rings (SSSR count). The van der Waals surface area contributed by atoms with E-state index in [2.05, 4.69) is 4.52 Å². The van der Waals surface area contributed by atoms with Crippen molar-refractivity contribution < 1.29 is 18.7 Å². The van der Waals surface area contributed by atoms with E-state index in [-0.39, 0.29) is 6.10 Å². The maximum absolute atomic E-state index is 10.4. The highest BCUT2D eigenvalue weighted by atomic mass is 31.2. The molecule has 0 aromatic carbocycles. The monoisotopic (exact) mass is 167 g/mol. The molecule has 0 amide bonds. The summed E-state index contributed by atoms with van der Waals surface area (Å²) in [6.07, 6.45) is 0.336. The summed E-state index contributed by atoms with van der Waals surface area (Å²) in [7, 11) is -3.79. The molecule has 6 heteroatoms. The fraction of sp³-hybridized carbons (Fsp3) is 1.00. The molecule has 0 aromatic heterocycles. The van der Waals surface area contributed by atoms with Gasteiger partial charge >= 0.3 is 7.75 Å². The molecule has 2 atom stereocenters. The summed E-state index contributed by atoms with van der Waals surface area (Å²) in [4.78, 5) is 8.53. The molecule has 2 unspecified atom stereocenters. The van der Waals surface area contributed by atoms with E-state index in [9.17, 15) is 4.57 Å². The van der Waals surface area contributed by atoms with Crippen LogP contribution in [0.4, 0.5) is 0 Å². The first kappa shape index (κ1) is 8.17. The van der Waals surface area contributed by atoms with Gasteiger partial charge in [-0.05, 0) is 6.42 Å². The molecular weight excluding hydrogens is 157 g/mol. The highest BCUT2D eigenvalue weighted by Gasteiger charge is 2.23. The fourth-order valence-corrected chi connectivity index (χ4v) is 1.40. The van der Waals surface area contributed by atoms with Crippen molar-refractivity contribution >= 4 is 7.75 Å². The van der Waals surface area contributed by atoms with Gasteiger partial charge in [-0.1, -0.05) is 0 Å². The lowest BCUT2D eigenvalue weighted by Crippen LogP contribution is -2.13. The van der Waals surface area contributed by atoms with Gasteiger partial charge in [-0.2, -0.15) is 0 Å². The van der Waals surface area contributed by atoms with Gasteiger partial charge in [0.2, 0.25) is 0 Å². The van der Waals surface area contributed by atoms with Crippen molar-refractivity contribution in [2.75, 3.05) is 13.2 Å². The van der Waals surface area contributed by atoms with Crippen LogP contribution in [0.15, 0.2) is 0 Å². The summed E-state index contributed by atoms with van der Waals surface area (Å²) in [6, 6.07) is 0. The van der Waals surface area contributed by atoms with Crippen molar-refractivity contribution in [3.05, 3.63) is 0 Å². The zero-order valence-electron chi connectivity index (χ0n) is 5.40. The third kappa shape index (κ3) is 2.77. The van der Waals surface area contributed by atoms with Crippen LogP contribution in [0.2, 0.25) is 0 Å². The number of hydrogen-bond donors (Lipinski definition) is 2. The van der Waals surface area contributed by atoms with Crippen LogP contribution in [0, 0.1) is 0 Å². The Labute approximate surface area is 58.7 Å². The molecule has 1 aliphatic rings. The topological polar surface area (TPSA) is 81.8 Å². The van der Waals surface area contributed by atoms with E-state index in [4.69, 9.17) is 15.1 Å². The lowest BCUT2D eigenvalue weighted by Gasteiger charge is -2.10. The van der Waals surface area contributed by atoms with E-state index in [0.29, 0.717) is 19.6 Å². The smallest absolute Gasteiger partial charge is 0.379 e. The molecule has 0 radical (unpaired) electrons. The zero-order chi connectivity index (χ0) is 7.61. The Kier molecular flexibility index (Phi) is 2.44. The maximum atomic E-state index is 10.4. The summed E-state index contributed by atoms with van der Waals surface area (Å²) in [5.41, 5.74) is 4.75. The summed E-state index contributed by atoms with van der Waals surface area (Å²) < 4.78 is 19.9. The van der Waals surface area contributed by atoms with Crippen molar-refractivity contribution in [1.29, 1.82) is 0 Å². The molecule has 1 fully saturated rings. The minimum Gasteiger partial charge on any atom is -0.379 e. The van der Waals surface area contributed by atoms with Crippen molar-refractivity contribution in [2.45, 2.75) is 12.5 Å². The molecule has 0 bridgehead atoms. The van der Waals surface area contributed by atoms with Crippen molar-refractivity contribution in [1.82, 2.24) is 0 Å². The van der Waals surface area contributed by atoms with E-state index in [1.807, 2.05) is 0 Å². The normalized spacial score (nSPS) is 32.0. The van der Waals surface area contributed by atoms with Gasteiger partial charge in [-0.15, -0.1) is 0 Å². The summed E-state index contributed by atoms with van der Waals surface area (Å²) in [6.45, 7) is 0.937. The predicted octanol–water partition coefficient (Wildman–Crippen LogP) is -0.149. The first-order valence-corrected chi connectivity index (χ1v) is 4.60. The number of nitrogens with two attached hydrogens (primary N) is 1. The van der Waals surface area contributed by atoms with E-state index in [1.165, 1.54) is 0 Å². The minimum atomic E-state index is -3.79. The molecule has 1 aliphatic heterocycles. The van der Waals surface area contributed by atoms with E-state index >= 15 is 0 Å². The van der Waals surface area contributed by atoms with Crippen molar-refractivity contribution in [3.63, 3.8) is 0 Å². The summed E-state index contributed by atoms with van der Waals surface area (Å²) in [5, 5.41) is 0. The second kappa shape index (κ2) is 2.98. The molecule has 0 aromatic rings. The molecule has 5 nitrogen and oxygen atoms in total. The molecule has 1 saturated heterocycles. The molecule has 10 heavy (non-hydrogen) atoms. The number of rotatable bonds is 2. The quantitative estimate of drug-likeness (QED) is 0.559. The van der Waals surface area contributed by atoms with Gasteiger partial charge in [0.25, 0.3) is 0 Å².